The molecule has 0 bridgehead atoms. The number of ether oxygens (including phenoxy) is 3. The van der Waals surface area contributed by atoms with Gasteiger partial charge in [-0.1, -0.05) is 17.8 Å². The monoisotopic (exact) mass is 475 g/mol. The highest BCUT2D eigenvalue weighted by atomic mass is 32.2. The molecular formula is C22H25N3O5S2. The molecule has 3 aromatic rings. The molecule has 2 heterocycles. The van der Waals surface area contributed by atoms with E-state index >= 15 is 0 Å². The molecule has 0 unspecified atom stereocenters. The van der Waals surface area contributed by atoms with Gasteiger partial charge in [-0.3, -0.25) is 4.57 Å². The fraction of sp³-hybridized carbons (Fsp3) is 0.318. The average molecular weight is 476 g/mol. The van der Waals surface area contributed by atoms with Gasteiger partial charge in [0.05, 0.1) is 37.5 Å². The van der Waals surface area contributed by atoms with Gasteiger partial charge in [-0.15, -0.1) is 0 Å². The number of methoxy groups -OCH3 is 1. The van der Waals surface area contributed by atoms with E-state index in [1.165, 1.54) is 4.31 Å². The van der Waals surface area contributed by atoms with Gasteiger partial charge in [0.1, 0.15) is 11.5 Å². The van der Waals surface area contributed by atoms with Crippen LogP contribution in [0.1, 0.15) is 0 Å². The van der Waals surface area contributed by atoms with Crippen LogP contribution in [0, 0.1) is 0 Å². The average Bonchev–Trinajstić information content (AvgIpc) is 3.31. The van der Waals surface area contributed by atoms with Gasteiger partial charge in [0.25, 0.3) is 0 Å². The molecular weight excluding hydrogens is 450 g/mol. The van der Waals surface area contributed by atoms with Crippen LogP contribution in [0.5, 0.6) is 11.5 Å². The molecule has 2 aromatic carbocycles. The van der Waals surface area contributed by atoms with E-state index in [1.807, 2.05) is 35.0 Å². The van der Waals surface area contributed by atoms with E-state index in [-0.39, 0.29) is 4.90 Å². The lowest BCUT2D eigenvalue weighted by Crippen LogP contribution is -2.40. The zero-order chi connectivity index (χ0) is 22.4. The van der Waals surface area contributed by atoms with Gasteiger partial charge in [-0.25, -0.2) is 13.4 Å². The Morgan fingerprint density at radius 2 is 1.88 bits per heavy atom. The predicted octanol–water partition coefficient (Wildman–Crippen LogP) is 3.07. The summed E-state index contributed by atoms with van der Waals surface area (Å²) in [5.74, 6) is 2.10. The Balaban J connectivity index is 1.31. The zero-order valence-electron chi connectivity index (χ0n) is 17.7. The van der Waals surface area contributed by atoms with Crippen LogP contribution in [0.3, 0.4) is 0 Å². The minimum atomic E-state index is -3.50. The Labute approximate surface area is 192 Å². The van der Waals surface area contributed by atoms with Crippen LogP contribution in [0.4, 0.5) is 0 Å². The zero-order valence-corrected chi connectivity index (χ0v) is 19.3. The van der Waals surface area contributed by atoms with Crippen LogP contribution in [-0.4, -0.2) is 68.0 Å². The number of imidazole rings is 1. The third-order valence-electron chi connectivity index (χ3n) is 4.95. The summed E-state index contributed by atoms with van der Waals surface area (Å²) in [4.78, 5) is 4.69. The van der Waals surface area contributed by atoms with Crippen molar-refractivity contribution in [3.63, 3.8) is 0 Å². The molecule has 170 valence electrons. The molecule has 0 spiro atoms. The van der Waals surface area contributed by atoms with Crippen molar-refractivity contribution in [2.75, 3.05) is 45.8 Å². The fourth-order valence-electron chi connectivity index (χ4n) is 3.29. The van der Waals surface area contributed by atoms with Crippen molar-refractivity contribution < 1.29 is 22.6 Å². The van der Waals surface area contributed by atoms with E-state index in [0.717, 1.165) is 16.6 Å². The van der Waals surface area contributed by atoms with Gasteiger partial charge in [0.15, 0.2) is 5.16 Å². The molecule has 10 heteroatoms. The highest BCUT2D eigenvalue weighted by molar-refractivity contribution is 7.99. The molecule has 0 atom stereocenters. The molecule has 1 aliphatic rings. The molecule has 1 saturated heterocycles. The molecule has 0 aliphatic carbocycles. The highest BCUT2D eigenvalue weighted by Crippen LogP contribution is 2.24. The third kappa shape index (κ3) is 5.26. The third-order valence-corrected chi connectivity index (χ3v) is 7.80. The van der Waals surface area contributed by atoms with Gasteiger partial charge in [-0.2, -0.15) is 4.31 Å². The Bertz CT molecular complexity index is 1130. The van der Waals surface area contributed by atoms with Gasteiger partial charge < -0.3 is 14.2 Å². The van der Waals surface area contributed by atoms with Gasteiger partial charge >= 0.3 is 0 Å². The van der Waals surface area contributed by atoms with Crippen LogP contribution >= 0.6 is 11.8 Å². The number of hydrogen-bond acceptors (Lipinski definition) is 7. The highest BCUT2D eigenvalue weighted by Gasteiger charge is 2.26. The Hall–Kier alpha value is -2.53. The minimum Gasteiger partial charge on any atom is -0.497 e. The standard InChI is InChI=1S/C22H25N3O5S2/c1-28-20-4-2-3-18(17-20)25-10-9-23-22(25)31-16-15-30-19-5-7-21(8-6-19)32(26,27)24-11-13-29-14-12-24/h2-10,17H,11-16H2,1H3. The fourth-order valence-corrected chi connectivity index (χ4v) is 5.49. The molecule has 1 aromatic heterocycles. The normalized spacial score (nSPS) is 14.9. The molecule has 0 amide bonds. The van der Waals surface area contributed by atoms with E-state index in [0.29, 0.717) is 44.4 Å². The van der Waals surface area contributed by atoms with E-state index < -0.39 is 10.0 Å². The first-order chi connectivity index (χ1) is 15.6. The second kappa shape index (κ2) is 10.4. The summed E-state index contributed by atoms with van der Waals surface area (Å²) < 4.78 is 45.2. The van der Waals surface area contributed by atoms with Gasteiger partial charge in [-0.05, 0) is 36.4 Å². The first-order valence-electron chi connectivity index (χ1n) is 10.2. The molecule has 4 rings (SSSR count). The number of nitrogens with zero attached hydrogens (tertiary/aromatic N) is 3. The number of hydrogen-bond donors (Lipinski definition) is 0. The van der Waals surface area contributed by atoms with Crippen molar-refractivity contribution in [1.29, 1.82) is 0 Å². The number of benzene rings is 2. The summed E-state index contributed by atoms with van der Waals surface area (Å²) in [6.07, 6.45) is 3.67. The lowest BCUT2D eigenvalue weighted by molar-refractivity contribution is 0.0730. The van der Waals surface area contributed by atoms with Crippen molar-refractivity contribution in [2.45, 2.75) is 10.1 Å². The van der Waals surface area contributed by atoms with Crippen LogP contribution in [0.15, 0.2) is 71.0 Å². The largest absolute Gasteiger partial charge is 0.497 e. The molecule has 0 N–H and O–H groups in total. The molecule has 0 saturated carbocycles. The lowest BCUT2D eigenvalue weighted by atomic mass is 10.3. The summed E-state index contributed by atoms with van der Waals surface area (Å²) in [6, 6.07) is 14.3. The second-order valence-corrected chi connectivity index (χ2v) is 9.97. The number of sulfonamides is 1. The van der Waals surface area contributed by atoms with Crippen molar-refractivity contribution in [2.24, 2.45) is 0 Å². The minimum absolute atomic E-state index is 0.265. The summed E-state index contributed by atoms with van der Waals surface area (Å²) in [5.41, 5.74) is 0.974. The van der Waals surface area contributed by atoms with Crippen LogP contribution in [0.25, 0.3) is 5.69 Å². The van der Waals surface area contributed by atoms with Crippen molar-refractivity contribution in [1.82, 2.24) is 13.9 Å². The van der Waals surface area contributed by atoms with E-state index in [1.54, 1.807) is 49.3 Å². The van der Waals surface area contributed by atoms with Crippen molar-refractivity contribution >= 4 is 21.8 Å². The Morgan fingerprint density at radius 3 is 2.62 bits per heavy atom. The number of morpholine rings is 1. The quantitative estimate of drug-likeness (QED) is 0.347. The molecule has 1 aliphatic heterocycles. The van der Waals surface area contributed by atoms with Crippen molar-refractivity contribution in [3.05, 3.63) is 60.9 Å². The molecule has 1 fully saturated rings. The SMILES string of the molecule is COc1cccc(-n2ccnc2SCCOc2ccc(S(=O)(=O)N3CCOCC3)cc2)c1. The molecule has 0 radical (unpaired) electrons. The summed E-state index contributed by atoms with van der Waals surface area (Å²) >= 11 is 1.58. The van der Waals surface area contributed by atoms with E-state index in [4.69, 9.17) is 14.2 Å². The number of aromatic nitrogens is 2. The number of rotatable bonds is 9. The van der Waals surface area contributed by atoms with E-state index in [9.17, 15) is 8.42 Å². The lowest BCUT2D eigenvalue weighted by Gasteiger charge is -2.26. The Kier molecular flexibility index (Phi) is 7.36. The van der Waals surface area contributed by atoms with Crippen LogP contribution < -0.4 is 9.47 Å². The second-order valence-electron chi connectivity index (χ2n) is 6.97. The summed E-state index contributed by atoms with van der Waals surface area (Å²) in [7, 11) is -1.85. The predicted molar refractivity (Wildman–Crippen MR) is 122 cm³/mol. The van der Waals surface area contributed by atoms with Gasteiger partial charge in [0.2, 0.25) is 10.0 Å². The Morgan fingerprint density at radius 1 is 1.09 bits per heavy atom. The maximum absolute atomic E-state index is 12.7. The van der Waals surface area contributed by atoms with Crippen molar-refractivity contribution in [3.8, 4) is 17.2 Å². The maximum atomic E-state index is 12.7. The molecule has 32 heavy (non-hydrogen) atoms. The smallest absolute Gasteiger partial charge is 0.243 e. The maximum Gasteiger partial charge on any atom is 0.243 e. The first-order valence-corrected chi connectivity index (χ1v) is 12.6. The topological polar surface area (TPSA) is 82.9 Å². The molecule has 8 nitrogen and oxygen atoms in total. The van der Waals surface area contributed by atoms with E-state index in [2.05, 4.69) is 4.98 Å². The van der Waals surface area contributed by atoms with Crippen LogP contribution in [-0.2, 0) is 14.8 Å². The number of thioether (sulfide) groups is 1. The van der Waals surface area contributed by atoms with Crippen LogP contribution in [0.2, 0.25) is 0 Å². The first kappa shape index (κ1) is 22.7. The summed E-state index contributed by atoms with van der Waals surface area (Å²) in [6.45, 7) is 2.07. The summed E-state index contributed by atoms with van der Waals surface area (Å²) in [5, 5.41) is 0.855. The van der Waals surface area contributed by atoms with Gasteiger partial charge in [0, 0.05) is 37.3 Å².